The van der Waals surface area contributed by atoms with E-state index in [2.05, 4.69) is 13.8 Å². The molecule has 5 aliphatic carbocycles. The Hall–Kier alpha value is -2.11. The highest BCUT2D eigenvalue weighted by atomic mass is 16.6. The van der Waals surface area contributed by atoms with Crippen molar-refractivity contribution in [1.29, 1.82) is 0 Å². The Kier molecular flexibility index (Phi) is 4.52. The molecule has 0 heterocycles. The number of aliphatic hydroxyl groups is 1. The first kappa shape index (κ1) is 21.4. The maximum Gasteiger partial charge on any atom is 0.297 e. The summed E-state index contributed by atoms with van der Waals surface area (Å²) < 4.78 is 6.17. The number of allylic oxidation sites excluding steroid dienone is 1. The molecule has 33 heavy (non-hydrogen) atoms. The van der Waals surface area contributed by atoms with Crippen molar-refractivity contribution < 1.29 is 24.2 Å². The number of ether oxygens (including phenoxy) is 1. The number of carbonyl (C=O) groups excluding carboxylic acids is 3. The molecule has 0 radical (unpaired) electrons. The van der Waals surface area contributed by atoms with Crippen LogP contribution in [-0.4, -0.2) is 34.3 Å². The lowest BCUT2D eigenvalue weighted by atomic mass is 9.47. The monoisotopic (exact) mass is 448 g/mol. The molecular formula is C28H32O5. The van der Waals surface area contributed by atoms with E-state index in [9.17, 15) is 19.5 Å². The molecule has 1 aromatic rings. The zero-order valence-electron chi connectivity index (χ0n) is 19.4. The third-order valence-electron chi connectivity index (χ3n) is 10.2. The summed E-state index contributed by atoms with van der Waals surface area (Å²) in [4.78, 5) is 38.1. The van der Waals surface area contributed by atoms with Crippen LogP contribution in [0.2, 0.25) is 0 Å². The second kappa shape index (κ2) is 6.96. The standard InChI is InChI=1S/C28H32O5/c1-26-13-11-17(29)15-16(26)7-8-20-21-9-10-23(27(21,2)14-12-22(20)26)33-28(32)24(30)18-5-3-4-6-19(18)25(28)31/h3-6,15,20-23,32H,7-14H2,1-2H3/t20-,21-,22-,23+,26-,27-/m0/s1. The summed E-state index contributed by atoms with van der Waals surface area (Å²) in [7, 11) is 0. The van der Waals surface area contributed by atoms with Gasteiger partial charge in [-0.3, -0.25) is 14.4 Å². The Morgan fingerprint density at radius 2 is 1.58 bits per heavy atom. The second-order valence-corrected chi connectivity index (χ2v) is 11.5. The van der Waals surface area contributed by atoms with Gasteiger partial charge >= 0.3 is 0 Å². The van der Waals surface area contributed by atoms with Crippen molar-refractivity contribution in [2.45, 2.75) is 77.1 Å². The van der Waals surface area contributed by atoms with Gasteiger partial charge < -0.3 is 9.84 Å². The van der Waals surface area contributed by atoms with E-state index in [1.165, 1.54) is 5.57 Å². The highest BCUT2D eigenvalue weighted by Crippen LogP contribution is 2.66. The number of ketones is 3. The Balaban J connectivity index is 1.27. The van der Waals surface area contributed by atoms with Crippen molar-refractivity contribution in [2.24, 2.45) is 28.6 Å². The van der Waals surface area contributed by atoms with Crippen molar-refractivity contribution >= 4 is 17.3 Å². The van der Waals surface area contributed by atoms with Gasteiger partial charge in [0.1, 0.15) is 0 Å². The van der Waals surface area contributed by atoms with Gasteiger partial charge in [0.05, 0.1) is 6.10 Å². The van der Waals surface area contributed by atoms with Crippen LogP contribution in [0.4, 0.5) is 0 Å². The van der Waals surface area contributed by atoms with Gasteiger partial charge in [0, 0.05) is 17.5 Å². The first-order valence-corrected chi connectivity index (χ1v) is 12.5. The van der Waals surface area contributed by atoms with Gasteiger partial charge in [-0.15, -0.1) is 0 Å². The largest absolute Gasteiger partial charge is 0.353 e. The van der Waals surface area contributed by atoms with E-state index in [-0.39, 0.29) is 33.8 Å². The predicted molar refractivity (Wildman–Crippen MR) is 122 cm³/mol. The number of fused-ring (bicyclic) bond motifs is 6. The second-order valence-electron chi connectivity index (χ2n) is 11.5. The van der Waals surface area contributed by atoms with Crippen LogP contribution < -0.4 is 0 Å². The summed E-state index contributed by atoms with van der Waals surface area (Å²) in [6, 6.07) is 6.58. The summed E-state index contributed by atoms with van der Waals surface area (Å²) in [5, 5.41) is 11.2. The molecule has 0 spiro atoms. The van der Waals surface area contributed by atoms with Crippen molar-refractivity contribution in [3.05, 3.63) is 47.0 Å². The van der Waals surface area contributed by atoms with Crippen LogP contribution in [0.25, 0.3) is 0 Å². The number of Topliss-reactive ketones (excluding diaryl/α,β-unsaturated/α-hetero) is 2. The van der Waals surface area contributed by atoms with Crippen molar-refractivity contribution in [1.82, 2.24) is 0 Å². The molecule has 3 saturated carbocycles. The maximum atomic E-state index is 13.0. The molecule has 6 atom stereocenters. The zero-order chi connectivity index (χ0) is 23.2. The minimum atomic E-state index is -2.40. The number of benzene rings is 1. The normalized spacial score (nSPS) is 41.2. The van der Waals surface area contributed by atoms with Gasteiger partial charge in [0.2, 0.25) is 11.6 Å². The molecule has 1 aromatic carbocycles. The molecule has 6 rings (SSSR count). The molecule has 1 N–H and O–H groups in total. The maximum absolute atomic E-state index is 13.0. The highest BCUT2D eigenvalue weighted by Gasteiger charge is 2.62. The molecule has 3 fully saturated rings. The van der Waals surface area contributed by atoms with Gasteiger partial charge in [-0.1, -0.05) is 43.7 Å². The van der Waals surface area contributed by atoms with Gasteiger partial charge in [0.25, 0.3) is 5.79 Å². The fraction of sp³-hybridized carbons (Fsp3) is 0.607. The van der Waals surface area contributed by atoms with Gasteiger partial charge in [-0.25, -0.2) is 0 Å². The molecule has 5 heteroatoms. The Morgan fingerprint density at radius 3 is 2.27 bits per heavy atom. The van der Waals surface area contributed by atoms with Crippen LogP contribution >= 0.6 is 0 Å². The van der Waals surface area contributed by atoms with Crippen molar-refractivity contribution in [3.63, 3.8) is 0 Å². The lowest BCUT2D eigenvalue weighted by Gasteiger charge is -2.58. The van der Waals surface area contributed by atoms with Crippen molar-refractivity contribution in [3.8, 4) is 0 Å². The number of carbonyl (C=O) groups is 3. The zero-order valence-corrected chi connectivity index (χ0v) is 19.4. The van der Waals surface area contributed by atoms with Gasteiger partial charge in [0.15, 0.2) is 5.78 Å². The molecule has 174 valence electrons. The summed E-state index contributed by atoms with van der Waals surface area (Å²) in [5.41, 5.74) is 1.78. The topological polar surface area (TPSA) is 80.7 Å². The number of hydrogen-bond donors (Lipinski definition) is 1. The molecule has 0 bridgehead atoms. The van der Waals surface area contributed by atoms with Crippen LogP contribution in [-0.2, 0) is 9.53 Å². The van der Waals surface area contributed by atoms with Gasteiger partial charge in [-0.2, -0.15) is 0 Å². The average molecular weight is 449 g/mol. The first-order valence-electron chi connectivity index (χ1n) is 12.5. The molecule has 0 saturated heterocycles. The fourth-order valence-corrected chi connectivity index (χ4v) is 8.37. The quantitative estimate of drug-likeness (QED) is 0.525. The van der Waals surface area contributed by atoms with E-state index < -0.39 is 17.4 Å². The van der Waals surface area contributed by atoms with Crippen LogP contribution in [0.1, 0.15) is 85.9 Å². The Labute approximate surface area is 194 Å². The smallest absolute Gasteiger partial charge is 0.297 e. The fourth-order valence-electron chi connectivity index (χ4n) is 8.37. The van der Waals surface area contributed by atoms with E-state index in [1.54, 1.807) is 24.3 Å². The lowest BCUT2D eigenvalue weighted by Crippen LogP contribution is -2.54. The third-order valence-corrected chi connectivity index (χ3v) is 10.2. The number of hydrogen-bond acceptors (Lipinski definition) is 5. The summed E-state index contributed by atoms with van der Waals surface area (Å²) in [6.07, 6.45) is 9.01. The average Bonchev–Trinajstić information content (AvgIpc) is 3.22. The van der Waals surface area contributed by atoms with Crippen LogP contribution in [0, 0.1) is 28.6 Å². The molecule has 0 amide bonds. The first-order chi connectivity index (χ1) is 15.7. The summed E-state index contributed by atoms with van der Waals surface area (Å²) >= 11 is 0. The molecule has 0 aromatic heterocycles. The van der Waals surface area contributed by atoms with Crippen LogP contribution in [0.15, 0.2) is 35.9 Å². The van der Waals surface area contributed by atoms with Crippen LogP contribution in [0.5, 0.6) is 0 Å². The van der Waals surface area contributed by atoms with Crippen molar-refractivity contribution in [2.75, 3.05) is 0 Å². The number of rotatable bonds is 2. The molecule has 5 aliphatic rings. The molecular weight excluding hydrogens is 416 g/mol. The highest BCUT2D eigenvalue weighted by molar-refractivity contribution is 6.30. The minimum absolute atomic E-state index is 0.105. The van der Waals surface area contributed by atoms with E-state index in [1.807, 2.05) is 6.08 Å². The van der Waals surface area contributed by atoms with Crippen LogP contribution in [0.3, 0.4) is 0 Å². The molecule has 0 unspecified atom stereocenters. The summed E-state index contributed by atoms with van der Waals surface area (Å²) in [5.74, 6) is -1.84. The van der Waals surface area contributed by atoms with E-state index >= 15 is 0 Å². The SMILES string of the molecule is C[C@]12CC[C@H]3[C@@H](CCC4=CC(=O)CC[C@@]43C)[C@@H]1CC[C@H]2OC1(O)C(=O)c2ccccc2C1=O. The molecule has 0 aliphatic heterocycles. The van der Waals surface area contributed by atoms with E-state index in [0.29, 0.717) is 24.2 Å². The van der Waals surface area contributed by atoms with E-state index in [4.69, 9.17) is 4.74 Å². The minimum Gasteiger partial charge on any atom is -0.353 e. The predicted octanol–water partition coefficient (Wildman–Crippen LogP) is 4.67. The van der Waals surface area contributed by atoms with E-state index in [0.717, 1.165) is 44.9 Å². The Bertz CT molecular complexity index is 1070. The summed E-state index contributed by atoms with van der Waals surface area (Å²) in [6.45, 7) is 4.60. The molecule has 5 nitrogen and oxygen atoms in total. The Morgan fingerprint density at radius 1 is 0.879 bits per heavy atom. The van der Waals surface area contributed by atoms with Gasteiger partial charge in [-0.05, 0) is 79.6 Å². The lowest BCUT2D eigenvalue weighted by molar-refractivity contribution is -0.196. The third kappa shape index (κ3) is 2.75.